The lowest BCUT2D eigenvalue weighted by molar-refractivity contribution is 0.169. The summed E-state index contributed by atoms with van der Waals surface area (Å²) >= 11 is 0. The third kappa shape index (κ3) is 1.26. The quantitative estimate of drug-likeness (QED) is 0.613. The third-order valence-electron chi connectivity index (χ3n) is 1.78. The molecule has 1 heterocycles. The summed E-state index contributed by atoms with van der Waals surface area (Å²) in [6, 6.07) is 7.50. The van der Waals surface area contributed by atoms with Crippen molar-refractivity contribution in [3.05, 3.63) is 30.5 Å². The fraction of sp³-hybridized carbons (Fsp3) is 0.111. The zero-order valence-electron chi connectivity index (χ0n) is 7.10. The van der Waals surface area contributed by atoms with Crippen LogP contribution in [-0.2, 0) is 4.74 Å². The van der Waals surface area contributed by atoms with Crippen molar-refractivity contribution in [1.82, 2.24) is 9.78 Å². The maximum Gasteiger partial charge on any atom is 0.434 e. The molecule has 0 fully saturated rings. The lowest BCUT2D eigenvalue weighted by Gasteiger charge is -1.94. The van der Waals surface area contributed by atoms with Crippen LogP contribution in [0.5, 0.6) is 0 Å². The number of ether oxygens (including phenoxy) is 1. The molecule has 0 N–H and O–H groups in total. The van der Waals surface area contributed by atoms with Gasteiger partial charge in [0.15, 0.2) is 0 Å². The zero-order valence-corrected chi connectivity index (χ0v) is 7.10. The molecule has 4 nitrogen and oxygen atoms in total. The molecule has 0 aliphatic carbocycles. The van der Waals surface area contributed by atoms with E-state index in [0.29, 0.717) is 0 Å². The van der Waals surface area contributed by atoms with Crippen molar-refractivity contribution in [3.63, 3.8) is 0 Å². The molecule has 0 amide bonds. The van der Waals surface area contributed by atoms with Gasteiger partial charge in [-0.1, -0.05) is 18.2 Å². The van der Waals surface area contributed by atoms with E-state index >= 15 is 0 Å². The topological polar surface area (TPSA) is 44.1 Å². The molecule has 0 saturated heterocycles. The molecule has 0 bridgehead atoms. The van der Waals surface area contributed by atoms with Gasteiger partial charge in [-0.2, -0.15) is 9.78 Å². The molecule has 2 rings (SSSR count). The Hall–Kier alpha value is -1.84. The third-order valence-corrected chi connectivity index (χ3v) is 1.78. The van der Waals surface area contributed by atoms with E-state index in [9.17, 15) is 4.79 Å². The molecule has 0 aliphatic heterocycles. The van der Waals surface area contributed by atoms with Gasteiger partial charge in [-0.15, -0.1) is 0 Å². The van der Waals surface area contributed by atoms with Crippen molar-refractivity contribution in [2.24, 2.45) is 0 Å². The van der Waals surface area contributed by atoms with Crippen LogP contribution in [0.3, 0.4) is 0 Å². The van der Waals surface area contributed by atoms with Crippen LogP contribution in [0.2, 0.25) is 0 Å². The van der Waals surface area contributed by atoms with Crippen LogP contribution in [0.25, 0.3) is 10.9 Å². The molecule has 1 aromatic heterocycles. The molecule has 2 aromatic rings. The SMILES string of the molecule is COC(=O)n1cc2ccccc2n1. The van der Waals surface area contributed by atoms with E-state index in [0.717, 1.165) is 10.9 Å². The van der Waals surface area contributed by atoms with Crippen LogP contribution in [0.4, 0.5) is 4.79 Å². The number of hydrogen-bond donors (Lipinski definition) is 0. The van der Waals surface area contributed by atoms with Gasteiger partial charge in [-0.05, 0) is 6.07 Å². The normalized spacial score (nSPS) is 10.2. The van der Waals surface area contributed by atoms with E-state index in [1.54, 1.807) is 6.20 Å². The predicted octanol–water partition coefficient (Wildman–Crippen LogP) is 1.65. The van der Waals surface area contributed by atoms with Crippen LogP contribution < -0.4 is 0 Å². The molecule has 4 heteroatoms. The van der Waals surface area contributed by atoms with E-state index in [4.69, 9.17) is 0 Å². The lowest BCUT2D eigenvalue weighted by Crippen LogP contribution is -2.11. The molecule has 66 valence electrons. The van der Waals surface area contributed by atoms with Crippen LogP contribution in [0.1, 0.15) is 0 Å². The number of carbonyl (C=O) groups is 1. The Morgan fingerprint density at radius 2 is 2.23 bits per heavy atom. The number of benzene rings is 1. The largest absolute Gasteiger partial charge is 0.451 e. The van der Waals surface area contributed by atoms with E-state index in [1.165, 1.54) is 11.8 Å². The number of carbonyl (C=O) groups excluding carboxylic acids is 1. The van der Waals surface area contributed by atoms with Gasteiger partial charge in [-0.3, -0.25) is 0 Å². The summed E-state index contributed by atoms with van der Waals surface area (Å²) in [5, 5.41) is 4.95. The van der Waals surface area contributed by atoms with E-state index in [-0.39, 0.29) is 0 Å². The van der Waals surface area contributed by atoms with E-state index in [1.807, 2.05) is 24.3 Å². The second-order valence-corrected chi connectivity index (χ2v) is 2.60. The molecule has 1 aromatic carbocycles. The van der Waals surface area contributed by atoms with Crippen LogP contribution in [0.15, 0.2) is 30.5 Å². The average Bonchev–Trinajstić information content (AvgIpc) is 2.59. The zero-order chi connectivity index (χ0) is 9.26. The number of aromatic nitrogens is 2. The number of hydrogen-bond acceptors (Lipinski definition) is 3. The monoisotopic (exact) mass is 176 g/mol. The molecular formula is C9H8N2O2. The first-order valence-corrected chi connectivity index (χ1v) is 3.84. The second-order valence-electron chi connectivity index (χ2n) is 2.60. The fourth-order valence-corrected chi connectivity index (χ4v) is 1.15. The molecule has 0 unspecified atom stereocenters. The van der Waals surface area contributed by atoms with Crippen LogP contribution in [-0.4, -0.2) is 23.0 Å². The van der Waals surface area contributed by atoms with Gasteiger partial charge >= 0.3 is 6.09 Å². The van der Waals surface area contributed by atoms with Gasteiger partial charge < -0.3 is 4.74 Å². The molecule has 0 radical (unpaired) electrons. The molecular weight excluding hydrogens is 168 g/mol. The molecule has 0 aliphatic rings. The summed E-state index contributed by atoms with van der Waals surface area (Å²) in [7, 11) is 1.33. The average molecular weight is 176 g/mol. The van der Waals surface area contributed by atoms with Crippen molar-refractivity contribution in [2.45, 2.75) is 0 Å². The summed E-state index contributed by atoms with van der Waals surface area (Å²) in [5.41, 5.74) is 0.785. The van der Waals surface area contributed by atoms with E-state index in [2.05, 4.69) is 9.84 Å². The number of nitrogens with zero attached hydrogens (tertiary/aromatic N) is 2. The standard InChI is InChI=1S/C9H8N2O2/c1-13-9(12)11-6-7-4-2-3-5-8(7)10-11/h2-6H,1H3. The summed E-state index contributed by atoms with van der Waals surface area (Å²) in [4.78, 5) is 11.1. The summed E-state index contributed by atoms with van der Waals surface area (Å²) < 4.78 is 5.71. The Kier molecular flexibility index (Phi) is 1.73. The minimum Gasteiger partial charge on any atom is -0.451 e. The highest BCUT2D eigenvalue weighted by molar-refractivity contribution is 5.82. The van der Waals surface area contributed by atoms with Crippen molar-refractivity contribution in [1.29, 1.82) is 0 Å². The summed E-state index contributed by atoms with van der Waals surface area (Å²) in [6.45, 7) is 0. The first-order valence-electron chi connectivity index (χ1n) is 3.84. The molecule has 0 spiro atoms. The molecule has 0 saturated carbocycles. The Morgan fingerprint density at radius 3 is 2.92 bits per heavy atom. The van der Waals surface area contributed by atoms with Gasteiger partial charge in [0.05, 0.1) is 12.6 Å². The predicted molar refractivity (Wildman–Crippen MR) is 47.5 cm³/mol. The van der Waals surface area contributed by atoms with Crippen LogP contribution in [0, 0.1) is 0 Å². The smallest absolute Gasteiger partial charge is 0.434 e. The number of rotatable bonds is 0. The minimum absolute atomic E-state index is 0.476. The maximum absolute atomic E-state index is 11.1. The van der Waals surface area contributed by atoms with Crippen molar-refractivity contribution >= 4 is 17.0 Å². The fourth-order valence-electron chi connectivity index (χ4n) is 1.15. The van der Waals surface area contributed by atoms with Crippen molar-refractivity contribution in [3.8, 4) is 0 Å². The highest BCUT2D eigenvalue weighted by atomic mass is 16.5. The second kappa shape index (κ2) is 2.90. The Labute approximate surface area is 74.7 Å². The highest BCUT2D eigenvalue weighted by Crippen LogP contribution is 2.10. The first-order chi connectivity index (χ1) is 6.31. The first kappa shape index (κ1) is 7.79. The maximum atomic E-state index is 11.1. The summed E-state index contributed by atoms with van der Waals surface area (Å²) in [6.07, 6.45) is 1.16. The molecule has 0 atom stereocenters. The lowest BCUT2D eigenvalue weighted by atomic mass is 10.3. The van der Waals surface area contributed by atoms with E-state index < -0.39 is 6.09 Å². The highest BCUT2D eigenvalue weighted by Gasteiger charge is 2.06. The van der Waals surface area contributed by atoms with Gasteiger partial charge in [0.2, 0.25) is 0 Å². The Balaban J connectivity index is 2.56. The van der Waals surface area contributed by atoms with Gasteiger partial charge in [0.25, 0.3) is 0 Å². The van der Waals surface area contributed by atoms with Gasteiger partial charge in [-0.25, -0.2) is 4.79 Å². The summed E-state index contributed by atoms with van der Waals surface area (Å²) in [5.74, 6) is 0. The van der Waals surface area contributed by atoms with Crippen molar-refractivity contribution < 1.29 is 9.53 Å². The Bertz CT molecular complexity index is 415. The van der Waals surface area contributed by atoms with Crippen molar-refractivity contribution in [2.75, 3.05) is 7.11 Å². The van der Waals surface area contributed by atoms with Gasteiger partial charge in [0.1, 0.15) is 0 Å². The molecule has 13 heavy (non-hydrogen) atoms. The Morgan fingerprint density at radius 1 is 1.46 bits per heavy atom. The minimum atomic E-state index is -0.476. The number of methoxy groups -OCH3 is 1. The van der Waals surface area contributed by atoms with Gasteiger partial charge in [0, 0.05) is 11.6 Å². The number of fused-ring (bicyclic) bond motifs is 1. The van der Waals surface area contributed by atoms with Crippen LogP contribution >= 0.6 is 0 Å².